The fraction of sp³-hybridized carbons (Fsp3) is 0. The van der Waals surface area contributed by atoms with Gasteiger partial charge in [0, 0.05) is 33.1 Å². The summed E-state index contributed by atoms with van der Waals surface area (Å²) in [6.07, 6.45) is 0. The van der Waals surface area contributed by atoms with E-state index in [1.807, 2.05) is 0 Å². The molecule has 0 aliphatic carbocycles. The van der Waals surface area contributed by atoms with Crippen molar-refractivity contribution in [1.82, 2.24) is 0 Å². The van der Waals surface area contributed by atoms with Gasteiger partial charge in [-0.3, -0.25) is 0 Å². The molecule has 0 fully saturated rings. The third kappa shape index (κ3) is 6.07. The van der Waals surface area contributed by atoms with Gasteiger partial charge in [0.1, 0.15) is 81.8 Å². The Morgan fingerprint density at radius 3 is 1.56 bits per heavy atom. The molecule has 0 N–H and O–H groups in total. The van der Waals surface area contributed by atoms with Crippen molar-refractivity contribution in [3.63, 3.8) is 0 Å². The molecule has 1 heterocycles. The number of furan rings is 1. The molecule has 0 saturated heterocycles. The Balaban J connectivity index is 1.24. The normalized spacial score (nSPS) is 11.5. The molecule has 0 saturated carbocycles. The quantitative estimate of drug-likeness (QED) is 0.196. The van der Waals surface area contributed by atoms with Gasteiger partial charge >= 0.3 is 0 Å². The molecule has 0 aliphatic heterocycles. The van der Waals surface area contributed by atoms with Crippen molar-refractivity contribution in [1.29, 1.82) is 0 Å². The van der Waals surface area contributed by atoms with Gasteiger partial charge in [0.15, 0.2) is 0 Å². The van der Waals surface area contributed by atoms with Gasteiger partial charge < -0.3 is 9.32 Å². The van der Waals surface area contributed by atoms with Crippen LogP contribution in [0.3, 0.4) is 0 Å². The van der Waals surface area contributed by atoms with E-state index < -0.39 is 0 Å². The predicted octanol–water partition coefficient (Wildman–Crippen LogP) is -1.31. The molecule has 1 aromatic heterocycles. The van der Waals surface area contributed by atoms with Crippen LogP contribution in [0.4, 0.5) is 17.1 Å². The first-order chi connectivity index (χ1) is 29.5. The number of nitrogens with zero attached hydrogens (tertiary/aromatic N) is 1. The largest absolute Gasteiger partial charge is 0.455 e. The van der Waals surface area contributed by atoms with Crippen LogP contribution >= 0.6 is 0 Å². The summed E-state index contributed by atoms with van der Waals surface area (Å²) in [5.74, 6) is 0. The number of rotatable bonds is 6. The number of para-hydroxylation sites is 1. The molecule has 11 heteroatoms. The molecule has 0 bridgehead atoms. The lowest BCUT2D eigenvalue weighted by Crippen LogP contribution is -2.57. The zero-order valence-corrected chi connectivity index (χ0v) is 36.7. The van der Waals surface area contributed by atoms with Gasteiger partial charge in [-0.05, 0) is 74.3 Å². The molecule has 9 aromatic carbocycles. The fourth-order valence-electron chi connectivity index (χ4n) is 10.2. The molecule has 0 aliphatic rings. The van der Waals surface area contributed by atoms with E-state index in [9.17, 15) is 0 Å². The van der Waals surface area contributed by atoms with Crippen molar-refractivity contribution in [3.05, 3.63) is 146 Å². The van der Waals surface area contributed by atoms with Gasteiger partial charge in [0.05, 0.1) is 5.69 Å². The van der Waals surface area contributed by atoms with Gasteiger partial charge in [-0.1, -0.05) is 148 Å². The summed E-state index contributed by atoms with van der Waals surface area (Å²) in [5.41, 5.74) is 24.8. The minimum absolute atomic E-state index is 0.891. The zero-order valence-electron chi connectivity index (χ0n) is 36.7. The van der Waals surface area contributed by atoms with E-state index in [1.54, 1.807) is 0 Å². The monoisotopic (exact) mass is 771 g/mol. The van der Waals surface area contributed by atoms with Gasteiger partial charge in [-0.25, -0.2) is 0 Å². The minimum Gasteiger partial charge on any atom is -0.455 e. The van der Waals surface area contributed by atoms with Crippen LogP contribution in [0.1, 0.15) is 0 Å². The van der Waals surface area contributed by atoms with E-state index in [0.717, 1.165) is 49.8 Å². The average Bonchev–Trinajstić information content (AvgIpc) is 3.69. The maximum atomic E-state index is 6.74. The maximum absolute atomic E-state index is 6.74. The van der Waals surface area contributed by atoms with Crippen LogP contribution in [-0.4, -0.2) is 70.6 Å². The number of benzene rings is 9. The molecule has 0 spiro atoms. The molecule has 10 rings (SSSR count). The Kier molecular flexibility index (Phi) is 9.55. The second kappa shape index (κ2) is 15.0. The van der Waals surface area contributed by atoms with Crippen molar-refractivity contribution in [2.24, 2.45) is 0 Å². The van der Waals surface area contributed by atoms with E-state index in [-0.39, 0.29) is 0 Å². The molecular formula is C50H42B9NO. The van der Waals surface area contributed by atoms with Gasteiger partial charge in [0.2, 0.25) is 0 Å². The SMILES string of the molecule is Bc1c(B)c(B)c(-c2c(B)c(B)c(N(c3ccc(-c4cccc5ccccc45)cc3)c3ccccc3-c3cccc4oc5c6ccccc6ccc5c34)c(B)c2B)c(B)c1B. The predicted molar refractivity (Wildman–Crippen MR) is 293 cm³/mol. The van der Waals surface area contributed by atoms with E-state index in [0.29, 0.717) is 0 Å². The molecule has 0 atom stereocenters. The van der Waals surface area contributed by atoms with E-state index in [2.05, 4.69) is 221 Å². The lowest BCUT2D eigenvalue weighted by atomic mass is 9.56. The van der Waals surface area contributed by atoms with Crippen molar-refractivity contribution >= 4 is 180 Å². The molecule has 0 amide bonds. The fourth-order valence-corrected chi connectivity index (χ4v) is 10.2. The number of hydrogen-bond donors (Lipinski definition) is 0. The smallest absolute Gasteiger partial charge is 0.143 e. The Bertz CT molecular complexity index is 3370. The summed E-state index contributed by atoms with van der Waals surface area (Å²) in [4.78, 5) is 2.53. The average molecular weight is 770 g/mol. The number of anilines is 3. The van der Waals surface area contributed by atoms with Crippen molar-refractivity contribution in [3.8, 4) is 33.4 Å². The van der Waals surface area contributed by atoms with Crippen molar-refractivity contribution < 1.29 is 4.42 Å². The first-order valence-electron chi connectivity index (χ1n) is 21.5. The Morgan fingerprint density at radius 2 is 0.869 bits per heavy atom. The number of fused-ring (bicyclic) bond motifs is 6. The topological polar surface area (TPSA) is 16.4 Å². The van der Waals surface area contributed by atoms with E-state index >= 15 is 0 Å². The molecule has 280 valence electrons. The third-order valence-electron chi connectivity index (χ3n) is 14.1. The standard InChI is InChI=1S/C50H42B9NO/c51-40-38(41(52)45(56)46(57)44(40)55)39-42(53)47(58)49(48(59)43(39)54)60(28-22-19-27(20-23-28)30-15-7-11-25-9-1-3-12-29(25)30)35-17-6-5-14-32(35)33-16-8-18-36-37(33)34-24-21-26-10-2-4-13-31(26)50(34)61-36/h1-24H,51-59H2. The Labute approximate surface area is 366 Å². The van der Waals surface area contributed by atoms with Crippen molar-refractivity contribution in [2.75, 3.05) is 4.90 Å². The highest BCUT2D eigenvalue weighted by Gasteiger charge is 2.27. The summed E-state index contributed by atoms with van der Waals surface area (Å²) < 4.78 is 6.74. The van der Waals surface area contributed by atoms with Crippen LogP contribution in [0.5, 0.6) is 0 Å². The second-order valence-corrected chi connectivity index (χ2v) is 17.1. The van der Waals surface area contributed by atoms with Gasteiger partial charge in [-0.15, -0.1) is 16.4 Å². The van der Waals surface area contributed by atoms with Crippen LogP contribution in [-0.2, 0) is 0 Å². The summed E-state index contributed by atoms with van der Waals surface area (Å²) in [7, 11) is 20.8. The third-order valence-corrected chi connectivity index (χ3v) is 14.1. The Morgan fingerprint density at radius 1 is 0.361 bits per heavy atom. The van der Waals surface area contributed by atoms with E-state index in [4.69, 9.17) is 4.42 Å². The molecule has 10 aromatic rings. The van der Waals surface area contributed by atoms with Crippen molar-refractivity contribution in [2.45, 2.75) is 0 Å². The van der Waals surface area contributed by atoms with Crippen LogP contribution in [0.2, 0.25) is 0 Å². The molecule has 61 heavy (non-hydrogen) atoms. The highest BCUT2D eigenvalue weighted by atomic mass is 16.3. The molecule has 2 nitrogen and oxygen atoms in total. The number of hydrogen-bond acceptors (Lipinski definition) is 2. The maximum Gasteiger partial charge on any atom is 0.143 e. The summed E-state index contributed by atoms with van der Waals surface area (Å²) in [6, 6.07) is 52.9. The first kappa shape index (κ1) is 38.9. The summed E-state index contributed by atoms with van der Waals surface area (Å²) in [6.45, 7) is 0. The van der Waals surface area contributed by atoms with Gasteiger partial charge in [0.25, 0.3) is 0 Å². The minimum atomic E-state index is 0.891. The highest BCUT2D eigenvalue weighted by molar-refractivity contribution is 6.71. The van der Waals surface area contributed by atoms with Crippen LogP contribution in [0.15, 0.2) is 150 Å². The van der Waals surface area contributed by atoms with Crippen LogP contribution in [0, 0.1) is 0 Å². The lowest BCUT2D eigenvalue weighted by molar-refractivity contribution is 0.673. The summed E-state index contributed by atoms with van der Waals surface area (Å²) in [5, 5.41) is 7.07. The highest BCUT2D eigenvalue weighted by Crippen LogP contribution is 2.45. The lowest BCUT2D eigenvalue weighted by Gasteiger charge is -2.34. The van der Waals surface area contributed by atoms with E-state index in [1.165, 1.54) is 93.3 Å². The molecule has 0 unspecified atom stereocenters. The Hall–Kier alpha value is -6.32. The zero-order chi connectivity index (χ0) is 42.3. The van der Waals surface area contributed by atoms with Crippen LogP contribution in [0.25, 0.3) is 76.9 Å². The molecular weight excluding hydrogens is 728 g/mol. The summed E-state index contributed by atoms with van der Waals surface area (Å²) >= 11 is 0. The second-order valence-electron chi connectivity index (χ2n) is 17.1. The van der Waals surface area contributed by atoms with Gasteiger partial charge in [-0.2, -0.15) is 0 Å². The van der Waals surface area contributed by atoms with Crippen LogP contribution < -0.4 is 54.1 Å². The molecule has 0 radical (unpaired) electrons. The first-order valence-corrected chi connectivity index (χ1v) is 21.5.